The van der Waals surface area contributed by atoms with Gasteiger partial charge in [0.1, 0.15) is 0 Å². The van der Waals surface area contributed by atoms with Crippen LogP contribution in [0.3, 0.4) is 0 Å². The van der Waals surface area contributed by atoms with Crippen LogP contribution in [0.25, 0.3) is 6.08 Å². The molecule has 0 nitrogen and oxygen atoms in total. The fourth-order valence-corrected chi connectivity index (χ4v) is 4.71. The standard InChI is InChI=1S/C17H16/c1-2-4-12-11(3-1)5-6-13-15(12)14-7-8-17(9-10-17)16(13)14/h1-8,13-16H,9-10H2/t13-,14+,15+,16-/m0/s1. The Morgan fingerprint density at radius 3 is 2.71 bits per heavy atom. The zero-order chi connectivity index (χ0) is 11.0. The van der Waals surface area contributed by atoms with Crippen LogP contribution in [0.4, 0.5) is 0 Å². The van der Waals surface area contributed by atoms with Gasteiger partial charge in [-0.05, 0) is 53.1 Å². The number of benzene rings is 1. The van der Waals surface area contributed by atoms with E-state index in [4.69, 9.17) is 0 Å². The van der Waals surface area contributed by atoms with E-state index in [9.17, 15) is 0 Å². The fourth-order valence-electron chi connectivity index (χ4n) is 4.71. The van der Waals surface area contributed by atoms with Gasteiger partial charge in [-0.1, -0.05) is 48.6 Å². The average molecular weight is 220 g/mol. The molecule has 4 aliphatic carbocycles. The Bertz CT molecular complexity index is 559. The Morgan fingerprint density at radius 2 is 1.82 bits per heavy atom. The third kappa shape index (κ3) is 0.887. The summed E-state index contributed by atoms with van der Waals surface area (Å²) in [7, 11) is 0. The lowest BCUT2D eigenvalue weighted by Crippen LogP contribution is -2.45. The number of fused-ring (bicyclic) bond motifs is 7. The predicted molar refractivity (Wildman–Crippen MR) is 69.5 cm³/mol. The summed E-state index contributed by atoms with van der Waals surface area (Å²) < 4.78 is 0. The van der Waals surface area contributed by atoms with Crippen LogP contribution in [0.5, 0.6) is 0 Å². The van der Waals surface area contributed by atoms with E-state index in [2.05, 4.69) is 48.6 Å². The Balaban J connectivity index is 1.64. The molecule has 2 saturated carbocycles. The number of hydrogen-bond donors (Lipinski definition) is 0. The van der Waals surface area contributed by atoms with Crippen LogP contribution in [-0.4, -0.2) is 0 Å². The molecule has 0 aromatic heterocycles. The molecule has 0 unspecified atom stereocenters. The summed E-state index contributed by atoms with van der Waals surface area (Å²) in [5.74, 6) is 3.40. The quantitative estimate of drug-likeness (QED) is 0.579. The minimum atomic E-state index is 0.641. The zero-order valence-electron chi connectivity index (χ0n) is 9.84. The van der Waals surface area contributed by atoms with Gasteiger partial charge in [0.15, 0.2) is 0 Å². The maximum Gasteiger partial charge on any atom is -0.00237 e. The third-order valence-electron chi connectivity index (χ3n) is 5.65. The summed E-state index contributed by atoms with van der Waals surface area (Å²) in [6, 6.07) is 8.97. The minimum Gasteiger partial charge on any atom is -0.0839 e. The molecule has 17 heavy (non-hydrogen) atoms. The first kappa shape index (κ1) is 8.74. The molecule has 1 spiro atoms. The van der Waals surface area contributed by atoms with Crippen molar-refractivity contribution in [2.75, 3.05) is 0 Å². The van der Waals surface area contributed by atoms with Crippen LogP contribution < -0.4 is 0 Å². The van der Waals surface area contributed by atoms with Crippen LogP contribution >= 0.6 is 0 Å². The van der Waals surface area contributed by atoms with Crippen LogP contribution in [0.2, 0.25) is 0 Å². The van der Waals surface area contributed by atoms with Crippen molar-refractivity contribution in [3.8, 4) is 0 Å². The third-order valence-corrected chi connectivity index (χ3v) is 5.65. The van der Waals surface area contributed by atoms with Crippen LogP contribution in [0.1, 0.15) is 29.9 Å². The molecule has 0 heterocycles. The first-order valence-electron chi connectivity index (χ1n) is 6.86. The van der Waals surface area contributed by atoms with E-state index >= 15 is 0 Å². The Kier molecular flexibility index (Phi) is 1.33. The lowest BCUT2D eigenvalue weighted by Gasteiger charge is -2.52. The Hall–Kier alpha value is -1.30. The topological polar surface area (TPSA) is 0 Å². The van der Waals surface area contributed by atoms with Gasteiger partial charge in [0, 0.05) is 0 Å². The van der Waals surface area contributed by atoms with Crippen molar-refractivity contribution >= 4 is 6.08 Å². The van der Waals surface area contributed by atoms with Gasteiger partial charge in [-0.25, -0.2) is 0 Å². The second-order valence-electron chi connectivity index (χ2n) is 6.29. The zero-order valence-corrected chi connectivity index (χ0v) is 9.84. The second-order valence-corrected chi connectivity index (χ2v) is 6.29. The summed E-state index contributed by atoms with van der Waals surface area (Å²) >= 11 is 0. The molecular formula is C17H16. The normalized spacial score (nSPS) is 41.6. The van der Waals surface area contributed by atoms with Crippen molar-refractivity contribution in [2.24, 2.45) is 23.2 Å². The van der Waals surface area contributed by atoms with Crippen molar-refractivity contribution < 1.29 is 0 Å². The monoisotopic (exact) mass is 220 g/mol. The van der Waals surface area contributed by atoms with Gasteiger partial charge in [0.2, 0.25) is 0 Å². The molecule has 0 heteroatoms. The lowest BCUT2D eigenvalue weighted by molar-refractivity contribution is 0.0714. The predicted octanol–water partition coefficient (Wildman–Crippen LogP) is 4.01. The van der Waals surface area contributed by atoms with Crippen molar-refractivity contribution in [3.63, 3.8) is 0 Å². The molecule has 0 radical (unpaired) electrons. The molecular weight excluding hydrogens is 204 g/mol. The molecule has 0 bridgehead atoms. The van der Waals surface area contributed by atoms with Gasteiger partial charge in [0.25, 0.3) is 0 Å². The van der Waals surface area contributed by atoms with Crippen LogP contribution in [0.15, 0.2) is 42.5 Å². The van der Waals surface area contributed by atoms with Crippen molar-refractivity contribution in [1.29, 1.82) is 0 Å². The summed E-state index contributed by atoms with van der Waals surface area (Å²) in [6.07, 6.45) is 12.8. The second kappa shape index (κ2) is 2.58. The van der Waals surface area contributed by atoms with E-state index in [1.165, 1.54) is 18.4 Å². The first-order valence-corrected chi connectivity index (χ1v) is 6.86. The summed E-state index contributed by atoms with van der Waals surface area (Å²) in [6.45, 7) is 0. The molecule has 4 aliphatic rings. The Labute approximate surface area is 102 Å². The summed E-state index contributed by atoms with van der Waals surface area (Å²) in [5, 5.41) is 0. The molecule has 0 N–H and O–H groups in total. The molecule has 2 fully saturated rings. The largest absolute Gasteiger partial charge is 0.0839 e. The van der Waals surface area contributed by atoms with E-state index < -0.39 is 0 Å². The molecule has 0 aliphatic heterocycles. The maximum absolute atomic E-state index is 2.55. The smallest absolute Gasteiger partial charge is 0.00237 e. The molecule has 5 rings (SSSR count). The van der Waals surface area contributed by atoms with Gasteiger partial charge in [-0.3, -0.25) is 0 Å². The van der Waals surface area contributed by atoms with E-state index in [-0.39, 0.29) is 0 Å². The van der Waals surface area contributed by atoms with Gasteiger partial charge < -0.3 is 0 Å². The van der Waals surface area contributed by atoms with Crippen molar-refractivity contribution in [1.82, 2.24) is 0 Å². The molecule has 4 atom stereocenters. The van der Waals surface area contributed by atoms with E-state index in [0.717, 1.165) is 23.7 Å². The molecule has 0 amide bonds. The van der Waals surface area contributed by atoms with Gasteiger partial charge >= 0.3 is 0 Å². The first-order chi connectivity index (χ1) is 8.39. The molecule has 1 aromatic rings. The SMILES string of the molecule is C1=C[C@H]2[C@@H](c3ccccc31)[C@H]1C=CC3(CC3)[C@H]12. The fraction of sp³-hybridized carbons (Fsp3) is 0.412. The molecule has 84 valence electrons. The van der Waals surface area contributed by atoms with Gasteiger partial charge in [-0.2, -0.15) is 0 Å². The van der Waals surface area contributed by atoms with E-state index in [0.29, 0.717) is 5.41 Å². The highest BCUT2D eigenvalue weighted by Gasteiger charge is 2.64. The lowest BCUT2D eigenvalue weighted by atomic mass is 9.51. The number of allylic oxidation sites excluding steroid dienone is 3. The Morgan fingerprint density at radius 1 is 1.00 bits per heavy atom. The average Bonchev–Trinajstić information content (AvgIpc) is 3.02. The van der Waals surface area contributed by atoms with Crippen molar-refractivity contribution in [3.05, 3.63) is 53.6 Å². The van der Waals surface area contributed by atoms with Crippen LogP contribution in [0, 0.1) is 23.2 Å². The summed E-state index contributed by atoms with van der Waals surface area (Å²) in [5.41, 5.74) is 3.70. The minimum absolute atomic E-state index is 0.641. The maximum atomic E-state index is 2.55. The highest BCUT2D eigenvalue weighted by molar-refractivity contribution is 5.61. The van der Waals surface area contributed by atoms with Gasteiger partial charge in [-0.15, -0.1) is 0 Å². The molecule has 0 saturated heterocycles. The van der Waals surface area contributed by atoms with Gasteiger partial charge in [0.05, 0.1) is 0 Å². The highest BCUT2D eigenvalue weighted by Crippen LogP contribution is 2.72. The highest BCUT2D eigenvalue weighted by atomic mass is 14.7. The van der Waals surface area contributed by atoms with Crippen LogP contribution in [-0.2, 0) is 0 Å². The van der Waals surface area contributed by atoms with E-state index in [1.54, 1.807) is 5.56 Å². The summed E-state index contributed by atoms with van der Waals surface area (Å²) in [4.78, 5) is 0. The molecule has 1 aromatic carbocycles. The number of rotatable bonds is 0. The number of hydrogen-bond acceptors (Lipinski definition) is 0. The van der Waals surface area contributed by atoms with E-state index in [1.807, 2.05) is 0 Å². The van der Waals surface area contributed by atoms with Crippen molar-refractivity contribution in [2.45, 2.75) is 18.8 Å².